The smallest absolute Gasteiger partial charge is 0.377 e. The highest BCUT2D eigenvalue weighted by molar-refractivity contribution is 6.05. The van der Waals surface area contributed by atoms with Crippen LogP contribution in [-0.2, 0) is 23.9 Å². The molecule has 0 aromatic heterocycles. The summed E-state index contributed by atoms with van der Waals surface area (Å²) in [4.78, 5) is 35.6. The molecule has 112 valence electrons. The molecule has 20 heavy (non-hydrogen) atoms. The van der Waals surface area contributed by atoms with Gasteiger partial charge in [0.1, 0.15) is 5.60 Å². The van der Waals surface area contributed by atoms with Crippen molar-refractivity contribution in [3.63, 3.8) is 0 Å². The Hall–Kier alpha value is -1.85. The lowest BCUT2D eigenvalue weighted by molar-refractivity contribution is -0.188. The zero-order valence-electron chi connectivity index (χ0n) is 12.7. The van der Waals surface area contributed by atoms with Crippen LogP contribution in [0.2, 0.25) is 0 Å². The molecule has 0 spiro atoms. The molecule has 1 N–H and O–H groups in total. The molecule has 1 atom stereocenters. The normalized spacial score (nSPS) is 22.6. The number of rotatable bonds is 3. The van der Waals surface area contributed by atoms with Crippen LogP contribution in [0, 0.1) is 0 Å². The fraction of sp³-hybridized carbons (Fsp3) is 0.643. The third-order valence-corrected chi connectivity index (χ3v) is 2.84. The average Bonchev–Trinajstić information content (AvgIpc) is 2.48. The van der Waals surface area contributed by atoms with Crippen LogP contribution in [-0.4, -0.2) is 29.2 Å². The molecule has 1 rings (SSSR count). The molecule has 0 saturated heterocycles. The summed E-state index contributed by atoms with van der Waals surface area (Å²) in [5.74, 6) is -1.90. The van der Waals surface area contributed by atoms with Crippen molar-refractivity contribution in [3.05, 3.63) is 11.1 Å². The van der Waals surface area contributed by atoms with Gasteiger partial charge in [-0.2, -0.15) is 0 Å². The number of hydrogen-bond donors (Lipinski definition) is 1. The van der Waals surface area contributed by atoms with Gasteiger partial charge in [0, 0.05) is 18.1 Å². The van der Waals surface area contributed by atoms with Crippen LogP contribution >= 0.6 is 0 Å². The average molecular weight is 283 g/mol. The summed E-state index contributed by atoms with van der Waals surface area (Å²) in [5.41, 5.74) is -1.80. The summed E-state index contributed by atoms with van der Waals surface area (Å²) in [6.07, 6.45) is 0.386. The van der Waals surface area contributed by atoms with E-state index in [0.717, 1.165) is 0 Å². The molecule has 0 aromatic carbocycles. The molecule has 1 amide bonds. The lowest BCUT2D eigenvalue weighted by Crippen LogP contribution is -2.56. The van der Waals surface area contributed by atoms with Crippen LogP contribution < -0.4 is 5.32 Å². The molecular weight excluding hydrogens is 262 g/mol. The topological polar surface area (TPSA) is 81.7 Å². The maximum atomic E-state index is 12.4. The van der Waals surface area contributed by atoms with Crippen LogP contribution in [0.15, 0.2) is 11.1 Å². The molecular formula is C14H21NO5. The van der Waals surface area contributed by atoms with Gasteiger partial charge in [-0.25, -0.2) is 4.79 Å². The van der Waals surface area contributed by atoms with Crippen molar-refractivity contribution < 1.29 is 23.9 Å². The first-order chi connectivity index (χ1) is 9.03. The lowest BCUT2D eigenvalue weighted by Gasteiger charge is -2.32. The number of ether oxygens (including phenoxy) is 2. The number of nitrogens with one attached hydrogen (secondary N) is 1. The van der Waals surface area contributed by atoms with Crippen LogP contribution in [0.25, 0.3) is 0 Å². The number of esters is 2. The fourth-order valence-corrected chi connectivity index (χ4v) is 2.11. The van der Waals surface area contributed by atoms with E-state index in [1.165, 1.54) is 6.92 Å². The van der Waals surface area contributed by atoms with Gasteiger partial charge in [-0.05, 0) is 34.1 Å². The molecule has 6 nitrogen and oxygen atoms in total. The van der Waals surface area contributed by atoms with Gasteiger partial charge in [0.15, 0.2) is 0 Å². The Balaban J connectivity index is 3.29. The molecule has 1 unspecified atom stereocenters. The quantitative estimate of drug-likeness (QED) is 0.793. The Bertz CT molecular complexity index is 486. The summed E-state index contributed by atoms with van der Waals surface area (Å²) in [5, 5.41) is 2.44. The van der Waals surface area contributed by atoms with Gasteiger partial charge in [0.2, 0.25) is 0 Å². The molecule has 0 fully saturated rings. The van der Waals surface area contributed by atoms with E-state index >= 15 is 0 Å². The van der Waals surface area contributed by atoms with E-state index in [4.69, 9.17) is 9.47 Å². The second-order valence-electron chi connectivity index (χ2n) is 5.69. The highest BCUT2D eigenvalue weighted by Crippen LogP contribution is 2.33. The monoisotopic (exact) mass is 283 g/mol. The summed E-state index contributed by atoms with van der Waals surface area (Å²) in [7, 11) is 0. The van der Waals surface area contributed by atoms with Crippen molar-refractivity contribution in [3.8, 4) is 0 Å². The predicted molar refractivity (Wildman–Crippen MR) is 71.5 cm³/mol. The molecule has 0 bridgehead atoms. The van der Waals surface area contributed by atoms with Gasteiger partial charge in [-0.1, -0.05) is 6.92 Å². The summed E-state index contributed by atoms with van der Waals surface area (Å²) in [6, 6.07) is 0. The Morgan fingerprint density at radius 3 is 2.25 bits per heavy atom. The van der Waals surface area contributed by atoms with E-state index in [2.05, 4.69) is 5.32 Å². The van der Waals surface area contributed by atoms with Crippen LogP contribution in [0.1, 0.15) is 48.0 Å². The van der Waals surface area contributed by atoms with Gasteiger partial charge >= 0.3 is 17.7 Å². The second-order valence-corrected chi connectivity index (χ2v) is 5.69. The van der Waals surface area contributed by atoms with E-state index in [-0.39, 0.29) is 0 Å². The van der Waals surface area contributed by atoms with Crippen LogP contribution in [0.3, 0.4) is 0 Å². The molecule has 0 aromatic rings. The first-order valence-electron chi connectivity index (χ1n) is 6.49. The minimum absolute atomic E-state index is 0.375. The lowest BCUT2D eigenvalue weighted by atomic mass is 9.99. The van der Waals surface area contributed by atoms with Gasteiger partial charge in [0.05, 0.1) is 0 Å². The SMILES string of the molecule is CCC1=C(C)C(=O)NC1(OC(C)=O)C(=O)OC(C)(C)C. The van der Waals surface area contributed by atoms with Gasteiger partial charge in [0.25, 0.3) is 5.91 Å². The standard InChI is InChI=1S/C14H21NO5/c1-7-10-8(2)11(17)15-14(10,19-9(3)16)12(18)20-13(4,5)6/h7H2,1-6H3,(H,15,17). The van der Waals surface area contributed by atoms with Gasteiger partial charge in [-0.15, -0.1) is 0 Å². The zero-order chi connectivity index (χ0) is 15.7. The van der Waals surface area contributed by atoms with Crippen molar-refractivity contribution in [2.45, 2.75) is 59.3 Å². The van der Waals surface area contributed by atoms with Gasteiger partial charge in [-0.3, -0.25) is 9.59 Å². The summed E-state index contributed by atoms with van der Waals surface area (Å²) in [6.45, 7) is 9.65. The van der Waals surface area contributed by atoms with Gasteiger partial charge < -0.3 is 14.8 Å². The highest BCUT2D eigenvalue weighted by atomic mass is 16.6. The number of carbonyl (C=O) groups is 3. The van der Waals surface area contributed by atoms with Crippen molar-refractivity contribution >= 4 is 17.8 Å². The van der Waals surface area contributed by atoms with E-state index < -0.39 is 29.2 Å². The summed E-state index contributed by atoms with van der Waals surface area (Å²) < 4.78 is 10.4. The summed E-state index contributed by atoms with van der Waals surface area (Å²) >= 11 is 0. The predicted octanol–water partition coefficient (Wildman–Crippen LogP) is 1.44. The Kier molecular flexibility index (Phi) is 4.27. The molecule has 1 heterocycles. The largest absolute Gasteiger partial charge is 0.455 e. The minimum atomic E-state index is -1.84. The molecule has 0 aliphatic carbocycles. The van der Waals surface area contributed by atoms with Crippen LogP contribution in [0.5, 0.6) is 0 Å². The third kappa shape index (κ3) is 3.00. The second kappa shape index (κ2) is 5.26. The third-order valence-electron chi connectivity index (χ3n) is 2.84. The van der Waals surface area contributed by atoms with Crippen molar-refractivity contribution in [1.29, 1.82) is 0 Å². The highest BCUT2D eigenvalue weighted by Gasteiger charge is 2.54. The first-order valence-corrected chi connectivity index (χ1v) is 6.49. The van der Waals surface area contributed by atoms with Crippen LogP contribution in [0.4, 0.5) is 0 Å². The molecule has 0 radical (unpaired) electrons. The van der Waals surface area contributed by atoms with E-state index in [1.807, 2.05) is 0 Å². The Morgan fingerprint density at radius 2 is 1.85 bits per heavy atom. The molecule has 1 aliphatic heterocycles. The first kappa shape index (κ1) is 16.2. The van der Waals surface area contributed by atoms with Crippen molar-refractivity contribution in [1.82, 2.24) is 5.32 Å². The fourth-order valence-electron chi connectivity index (χ4n) is 2.11. The maximum absolute atomic E-state index is 12.4. The number of hydrogen-bond acceptors (Lipinski definition) is 5. The molecule has 6 heteroatoms. The van der Waals surface area contributed by atoms with Crippen molar-refractivity contribution in [2.75, 3.05) is 0 Å². The maximum Gasteiger partial charge on any atom is 0.377 e. The molecule has 0 saturated carbocycles. The zero-order valence-corrected chi connectivity index (χ0v) is 12.7. The van der Waals surface area contributed by atoms with Crippen molar-refractivity contribution in [2.24, 2.45) is 0 Å². The van der Waals surface area contributed by atoms with E-state index in [1.54, 1.807) is 34.6 Å². The number of carbonyl (C=O) groups excluding carboxylic acids is 3. The van der Waals surface area contributed by atoms with E-state index in [9.17, 15) is 14.4 Å². The Morgan fingerprint density at radius 1 is 1.30 bits per heavy atom. The minimum Gasteiger partial charge on any atom is -0.455 e. The number of amides is 1. The van der Waals surface area contributed by atoms with E-state index in [0.29, 0.717) is 17.6 Å². The Labute approximate surface area is 118 Å². The molecule has 1 aliphatic rings.